The van der Waals surface area contributed by atoms with Crippen molar-refractivity contribution in [1.29, 1.82) is 0 Å². The van der Waals surface area contributed by atoms with Crippen LogP contribution in [0.5, 0.6) is 0 Å². The van der Waals surface area contributed by atoms with Crippen molar-refractivity contribution in [1.82, 2.24) is 5.32 Å². The Labute approximate surface area is 110 Å². The third-order valence-electron chi connectivity index (χ3n) is 3.15. The molecule has 0 saturated heterocycles. The Bertz CT molecular complexity index is 406. The van der Waals surface area contributed by atoms with Crippen LogP contribution in [0.15, 0.2) is 18.2 Å². The molecule has 0 bridgehead atoms. The van der Waals surface area contributed by atoms with Gasteiger partial charge in [-0.15, -0.1) is 0 Å². The SMILES string of the molecule is Cc1cc(C)cc(C(C)NC(C(N)=O)C(C)C)c1. The Morgan fingerprint density at radius 3 is 2.00 bits per heavy atom. The van der Waals surface area contributed by atoms with Crippen LogP contribution in [0.2, 0.25) is 0 Å². The van der Waals surface area contributed by atoms with Crippen LogP contribution in [-0.4, -0.2) is 11.9 Å². The molecule has 0 radical (unpaired) electrons. The van der Waals surface area contributed by atoms with Crippen molar-refractivity contribution >= 4 is 5.91 Å². The average molecular weight is 248 g/mol. The molecule has 100 valence electrons. The smallest absolute Gasteiger partial charge is 0.234 e. The topological polar surface area (TPSA) is 55.1 Å². The summed E-state index contributed by atoms with van der Waals surface area (Å²) in [4.78, 5) is 11.4. The Hall–Kier alpha value is -1.35. The molecule has 18 heavy (non-hydrogen) atoms. The zero-order valence-corrected chi connectivity index (χ0v) is 11.9. The van der Waals surface area contributed by atoms with Gasteiger partial charge in [-0.25, -0.2) is 0 Å². The molecule has 3 N–H and O–H groups in total. The number of nitrogens with two attached hydrogens (primary N) is 1. The number of carbonyl (C=O) groups is 1. The van der Waals surface area contributed by atoms with Gasteiger partial charge in [0.05, 0.1) is 6.04 Å². The molecule has 0 aliphatic rings. The summed E-state index contributed by atoms with van der Waals surface area (Å²) in [5.74, 6) is -0.0999. The van der Waals surface area contributed by atoms with Crippen molar-refractivity contribution in [3.8, 4) is 0 Å². The molecule has 1 rings (SSSR count). The van der Waals surface area contributed by atoms with Crippen molar-refractivity contribution in [2.75, 3.05) is 0 Å². The molecule has 0 aliphatic carbocycles. The van der Waals surface area contributed by atoms with Crippen molar-refractivity contribution in [2.45, 2.75) is 46.7 Å². The van der Waals surface area contributed by atoms with Gasteiger partial charge in [0.25, 0.3) is 0 Å². The minimum absolute atomic E-state index is 0.114. The fourth-order valence-corrected chi connectivity index (χ4v) is 2.23. The van der Waals surface area contributed by atoms with E-state index in [0.717, 1.165) is 0 Å². The summed E-state index contributed by atoms with van der Waals surface area (Å²) in [7, 11) is 0. The van der Waals surface area contributed by atoms with Gasteiger partial charge in [-0.2, -0.15) is 0 Å². The van der Waals surface area contributed by atoms with E-state index in [-0.39, 0.29) is 23.9 Å². The van der Waals surface area contributed by atoms with E-state index in [2.05, 4.69) is 44.3 Å². The Balaban J connectivity index is 2.86. The molecule has 2 unspecified atom stereocenters. The Morgan fingerprint density at radius 1 is 1.11 bits per heavy atom. The maximum absolute atomic E-state index is 11.4. The number of benzene rings is 1. The normalized spacial score (nSPS) is 14.6. The van der Waals surface area contributed by atoms with E-state index >= 15 is 0 Å². The molecule has 0 saturated carbocycles. The van der Waals surface area contributed by atoms with Gasteiger partial charge in [0.1, 0.15) is 0 Å². The van der Waals surface area contributed by atoms with Crippen molar-refractivity contribution < 1.29 is 4.79 Å². The summed E-state index contributed by atoms with van der Waals surface area (Å²) < 4.78 is 0. The molecule has 2 atom stereocenters. The molecule has 0 fully saturated rings. The van der Waals surface area contributed by atoms with Crippen molar-refractivity contribution in [2.24, 2.45) is 11.7 Å². The zero-order valence-electron chi connectivity index (χ0n) is 11.9. The standard InChI is InChI=1S/C15H24N2O/c1-9(2)14(15(16)18)17-12(5)13-7-10(3)6-11(4)8-13/h6-9,12,14,17H,1-5H3,(H2,16,18). The fraction of sp³-hybridized carbons (Fsp3) is 0.533. The summed E-state index contributed by atoms with van der Waals surface area (Å²) in [6.45, 7) is 10.2. The number of nitrogens with one attached hydrogen (secondary N) is 1. The average Bonchev–Trinajstić information content (AvgIpc) is 2.23. The number of hydrogen-bond acceptors (Lipinski definition) is 2. The first kappa shape index (κ1) is 14.7. The van der Waals surface area contributed by atoms with Gasteiger partial charge in [-0.3, -0.25) is 10.1 Å². The maximum Gasteiger partial charge on any atom is 0.234 e. The van der Waals surface area contributed by atoms with E-state index in [4.69, 9.17) is 5.73 Å². The highest BCUT2D eigenvalue weighted by atomic mass is 16.1. The second-order valence-corrected chi connectivity index (χ2v) is 5.43. The molecule has 1 amide bonds. The molecule has 0 heterocycles. The van der Waals surface area contributed by atoms with Gasteiger partial charge in [0, 0.05) is 6.04 Å². The van der Waals surface area contributed by atoms with Crippen LogP contribution in [0.1, 0.15) is 43.5 Å². The predicted octanol–water partition coefficient (Wildman–Crippen LogP) is 2.46. The molecule has 1 aromatic rings. The van der Waals surface area contributed by atoms with E-state index in [1.165, 1.54) is 16.7 Å². The summed E-state index contributed by atoms with van der Waals surface area (Å²) >= 11 is 0. The largest absolute Gasteiger partial charge is 0.368 e. The number of rotatable bonds is 5. The summed E-state index contributed by atoms with van der Waals surface area (Å²) in [5, 5.41) is 3.31. The minimum Gasteiger partial charge on any atom is -0.368 e. The maximum atomic E-state index is 11.4. The highest BCUT2D eigenvalue weighted by molar-refractivity contribution is 5.80. The van der Waals surface area contributed by atoms with Gasteiger partial charge >= 0.3 is 0 Å². The van der Waals surface area contributed by atoms with Gasteiger partial charge in [0.2, 0.25) is 5.91 Å². The van der Waals surface area contributed by atoms with E-state index in [1.807, 2.05) is 13.8 Å². The zero-order chi connectivity index (χ0) is 13.9. The van der Waals surface area contributed by atoms with Crippen LogP contribution in [0.25, 0.3) is 0 Å². The molecule has 0 aromatic heterocycles. The highest BCUT2D eigenvalue weighted by Gasteiger charge is 2.21. The van der Waals surface area contributed by atoms with E-state index in [9.17, 15) is 4.79 Å². The van der Waals surface area contributed by atoms with Gasteiger partial charge in [-0.1, -0.05) is 43.2 Å². The van der Waals surface area contributed by atoms with E-state index in [1.54, 1.807) is 0 Å². The van der Waals surface area contributed by atoms with Gasteiger partial charge in [-0.05, 0) is 32.3 Å². The Kier molecular flexibility index (Phi) is 4.91. The lowest BCUT2D eigenvalue weighted by molar-refractivity contribution is -0.121. The van der Waals surface area contributed by atoms with Crippen LogP contribution < -0.4 is 11.1 Å². The quantitative estimate of drug-likeness (QED) is 0.841. The predicted molar refractivity (Wildman–Crippen MR) is 75.3 cm³/mol. The highest BCUT2D eigenvalue weighted by Crippen LogP contribution is 2.18. The molecule has 3 nitrogen and oxygen atoms in total. The van der Waals surface area contributed by atoms with Crippen molar-refractivity contribution in [3.05, 3.63) is 34.9 Å². The third kappa shape index (κ3) is 3.84. The number of hydrogen-bond donors (Lipinski definition) is 2. The van der Waals surface area contributed by atoms with Gasteiger partial charge in [0.15, 0.2) is 0 Å². The summed E-state index contributed by atoms with van der Waals surface area (Å²) in [5.41, 5.74) is 9.09. The second-order valence-electron chi connectivity index (χ2n) is 5.43. The third-order valence-corrected chi connectivity index (χ3v) is 3.15. The molecular weight excluding hydrogens is 224 g/mol. The van der Waals surface area contributed by atoms with Crippen molar-refractivity contribution in [3.63, 3.8) is 0 Å². The summed E-state index contributed by atoms with van der Waals surface area (Å²) in [6, 6.07) is 6.25. The molecule has 3 heteroatoms. The van der Waals surface area contributed by atoms with E-state index < -0.39 is 0 Å². The van der Waals surface area contributed by atoms with Gasteiger partial charge < -0.3 is 5.73 Å². The van der Waals surface area contributed by atoms with Crippen LogP contribution in [0.3, 0.4) is 0 Å². The first-order chi connectivity index (χ1) is 8.31. The first-order valence-electron chi connectivity index (χ1n) is 6.44. The lowest BCUT2D eigenvalue weighted by atomic mass is 9.98. The lowest BCUT2D eigenvalue weighted by Gasteiger charge is -2.24. The Morgan fingerprint density at radius 2 is 1.61 bits per heavy atom. The molecule has 0 aliphatic heterocycles. The number of amides is 1. The number of carbonyl (C=O) groups excluding carboxylic acids is 1. The monoisotopic (exact) mass is 248 g/mol. The second kappa shape index (κ2) is 6.01. The lowest BCUT2D eigenvalue weighted by Crippen LogP contribution is -2.45. The van der Waals surface area contributed by atoms with Crippen LogP contribution in [-0.2, 0) is 4.79 Å². The summed E-state index contributed by atoms with van der Waals surface area (Å²) in [6.07, 6.45) is 0. The number of aryl methyl sites for hydroxylation is 2. The van der Waals surface area contributed by atoms with E-state index in [0.29, 0.717) is 0 Å². The first-order valence-corrected chi connectivity index (χ1v) is 6.44. The van der Waals surface area contributed by atoms with Crippen LogP contribution in [0, 0.1) is 19.8 Å². The van der Waals surface area contributed by atoms with Crippen LogP contribution in [0.4, 0.5) is 0 Å². The molecule has 1 aromatic carbocycles. The minimum atomic E-state index is -0.291. The number of primary amides is 1. The molecule has 0 spiro atoms. The van der Waals surface area contributed by atoms with Crippen LogP contribution >= 0.6 is 0 Å². The molecular formula is C15H24N2O. The fourth-order valence-electron chi connectivity index (χ4n) is 2.23.